The Bertz CT molecular complexity index is 1310. The van der Waals surface area contributed by atoms with Crippen molar-refractivity contribution in [3.05, 3.63) is 30.3 Å². The normalized spacial score (nSPS) is 22.2. The number of fused-ring (bicyclic) bond motifs is 2. The third-order valence-electron chi connectivity index (χ3n) is 9.11. The first-order valence-corrected chi connectivity index (χ1v) is 16.2. The summed E-state index contributed by atoms with van der Waals surface area (Å²) >= 11 is 0. The van der Waals surface area contributed by atoms with Gasteiger partial charge in [0.15, 0.2) is 5.78 Å². The van der Waals surface area contributed by atoms with Gasteiger partial charge in [0.2, 0.25) is 21.8 Å². The number of Topliss-reactive ketones (excluding diaryl/α,β-unsaturated/α-hetero) is 2. The quantitative estimate of drug-likeness (QED) is 0.188. The molecule has 4 unspecified atom stereocenters. The highest BCUT2D eigenvalue weighted by Gasteiger charge is 2.65. The summed E-state index contributed by atoms with van der Waals surface area (Å²) in [6.45, 7) is 6.91. The van der Waals surface area contributed by atoms with Crippen LogP contribution in [0.15, 0.2) is 30.3 Å². The summed E-state index contributed by atoms with van der Waals surface area (Å²) in [5.74, 6) is -4.30. The molecule has 0 aromatic heterocycles. The van der Waals surface area contributed by atoms with Crippen LogP contribution in [0.4, 0.5) is 0 Å². The average molecular weight is 622 g/mol. The molecule has 4 atom stereocenters. The Balaban J connectivity index is 1.56. The molecule has 2 fully saturated rings. The lowest BCUT2D eigenvalue weighted by Gasteiger charge is -2.36. The number of nitrogens with one attached hydrogen (secondary N) is 3. The summed E-state index contributed by atoms with van der Waals surface area (Å²) in [7, 11) is -4.09. The molecule has 0 radical (unpaired) electrons. The summed E-state index contributed by atoms with van der Waals surface area (Å²) in [5.41, 5.74) is -1.52. The van der Waals surface area contributed by atoms with Crippen molar-refractivity contribution in [1.29, 1.82) is 0 Å². The highest BCUT2D eigenvalue weighted by atomic mass is 32.2. The number of para-hydroxylation sites is 1. The minimum Gasteiger partial charge on any atom is -0.492 e. The summed E-state index contributed by atoms with van der Waals surface area (Å²) in [6, 6.07) is 7.53. The van der Waals surface area contributed by atoms with E-state index in [2.05, 4.69) is 15.4 Å². The number of carboxylic acid groups (broad SMARTS) is 1. The van der Waals surface area contributed by atoms with E-state index in [4.69, 9.17) is 4.74 Å². The topological polar surface area (TPSA) is 185 Å². The van der Waals surface area contributed by atoms with E-state index >= 15 is 0 Å². The fourth-order valence-corrected chi connectivity index (χ4v) is 8.06. The van der Waals surface area contributed by atoms with Gasteiger partial charge >= 0.3 is 5.97 Å². The molecule has 2 aliphatic rings. The molecule has 0 aliphatic heterocycles. The van der Waals surface area contributed by atoms with Crippen molar-refractivity contribution in [2.24, 2.45) is 28.6 Å². The molecule has 1 aromatic rings. The molecule has 2 amide bonds. The van der Waals surface area contributed by atoms with Crippen molar-refractivity contribution in [3.63, 3.8) is 0 Å². The molecule has 2 bridgehead atoms. The SMILES string of the molecule is CC(C)C(CC(=O)NCCOc1ccccc1)C(=O)NC(CC(=O)O)C(=O)CNS(=O)(=O)CC12CCC(CC1=O)C2(C)C. The number of aliphatic carboxylic acids is 1. The van der Waals surface area contributed by atoms with Gasteiger partial charge in [-0.25, -0.2) is 13.1 Å². The third kappa shape index (κ3) is 8.41. The van der Waals surface area contributed by atoms with E-state index in [0.717, 1.165) is 6.42 Å². The summed E-state index contributed by atoms with van der Waals surface area (Å²) in [4.78, 5) is 62.9. The third-order valence-corrected chi connectivity index (χ3v) is 10.6. The molecule has 2 saturated carbocycles. The van der Waals surface area contributed by atoms with Crippen LogP contribution in [0.3, 0.4) is 0 Å². The van der Waals surface area contributed by atoms with E-state index in [-0.39, 0.29) is 37.2 Å². The van der Waals surface area contributed by atoms with Crippen LogP contribution < -0.4 is 20.1 Å². The maximum absolute atomic E-state index is 13.1. The highest BCUT2D eigenvalue weighted by Crippen LogP contribution is 2.64. The van der Waals surface area contributed by atoms with E-state index in [1.54, 1.807) is 26.0 Å². The number of benzene rings is 1. The second-order valence-electron chi connectivity index (χ2n) is 12.4. The standard InChI is InChI=1S/C30H43N3O9S/c1-19(2)22(15-26(36)31-12-13-42-21-8-6-5-7-9-21)28(39)33-23(16-27(37)38)24(34)17-32-43(40,41)18-30-11-10-20(14-25(30)35)29(30,3)4/h5-9,19-20,22-23,32H,10-18H2,1-4H3,(H,31,36)(H,33,39)(H,37,38). The second kappa shape index (κ2) is 14.0. The van der Waals surface area contributed by atoms with Crippen LogP contribution in [0.5, 0.6) is 5.75 Å². The van der Waals surface area contributed by atoms with Crippen LogP contribution in [-0.2, 0) is 34.0 Å². The van der Waals surface area contributed by atoms with Gasteiger partial charge in [-0.1, -0.05) is 45.9 Å². The lowest BCUT2D eigenvalue weighted by atomic mass is 9.70. The van der Waals surface area contributed by atoms with E-state index < -0.39 is 75.1 Å². The van der Waals surface area contributed by atoms with Crippen molar-refractivity contribution < 1.29 is 42.2 Å². The number of hydrogen-bond donors (Lipinski definition) is 4. The molecule has 43 heavy (non-hydrogen) atoms. The first kappa shape index (κ1) is 34.2. The number of hydrogen-bond acceptors (Lipinski definition) is 8. The molecule has 2 aliphatic carbocycles. The number of ketones is 2. The van der Waals surface area contributed by atoms with Gasteiger partial charge in [-0.05, 0) is 42.2 Å². The molecule has 4 N–H and O–H groups in total. The predicted octanol–water partition coefficient (Wildman–Crippen LogP) is 1.69. The number of amides is 2. The molecular formula is C30H43N3O9S. The van der Waals surface area contributed by atoms with Crippen molar-refractivity contribution in [2.45, 2.75) is 65.8 Å². The Morgan fingerprint density at radius 1 is 1.09 bits per heavy atom. The molecule has 3 rings (SSSR count). The van der Waals surface area contributed by atoms with Crippen LogP contribution in [0.2, 0.25) is 0 Å². The second-order valence-corrected chi connectivity index (χ2v) is 14.2. The van der Waals surface area contributed by atoms with Crippen LogP contribution in [0.25, 0.3) is 0 Å². The van der Waals surface area contributed by atoms with Gasteiger partial charge in [-0.3, -0.25) is 24.0 Å². The summed E-state index contributed by atoms with van der Waals surface area (Å²) in [6.07, 6.45) is 0.584. The van der Waals surface area contributed by atoms with E-state index in [1.165, 1.54) is 0 Å². The molecular weight excluding hydrogens is 578 g/mol. The fraction of sp³-hybridized carbons (Fsp3) is 0.633. The van der Waals surface area contributed by atoms with Crippen LogP contribution >= 0.6 is 0 Å². The number of carbonyl (C=O) groups is 5. The van der Waals surface area contributed by atoms with Crippen molar-refractivity contribution >= 4 is 39.4 Å². The zero-order valence-corrected chi connectivity index (χ0v) is 26.0. The van der Waals surface area contributed by atoms with Crippen molar-refractivity contribution in [3.8, 4) is 5.75 Å². The zero-order valence-electron chi connectivity index (χ0n) is 25.2. The monoisotopic (exact) mass is 621 g/mol. The maximum Gasteiger partial charge on any atom is 0.305 e. The lowest BCUT2D eigenvalue weighted by molar-refractivity contribution is -0.141. The molecule has 0 heterocycles. The van der Waals surface area contributed by atoms with Gasteiger partial charge in [0, 0.05) is 24.2 Å². The van der Waals surface area contributed by atoms with Gasteiger partial charge in [-0.15, -0.1) is 0 Å². The summed E-state index contributed by atoms with van der Waals surface area (Å²) < 4.78 is 33.8. The minimum atomic E-state index is -4.09. The maximum atomic E-state index is 13.1. The van der Waals surface area contributed by atoms with Crippen LogP contribution in [0.1, 0.15) is 59.8 Å². The van der Waals surface area contributed by atoms with Gasteiger partial charge < -0.3 is 20.5 Å². The molecule has 12 nitrogen and oxygen atoms in total. The number of carboxylic acids is 1. The molecule has 238 valence electrons. The number of carbonyl (C=O) groups excluding carboxylic acids is 4. The fourth-order valence-electron chi connectivity index (χ4n) is 6.27. The minimum absolute atomic E-state index is 0.0889. The smallest absolute Gasteiger partial charge is 0.305 e. The van der Waals surface area contributed by atoms with Gasteiger partial charge in [-0.2, -0.15) is 0 Å². The van der Waals surface area contributed by atoms with Gasteiger partial charge in [0.25, 0.3) is 0 Å². The largest absolute Gasteiger partial charge is 0.492 e. The Labute approximate surface area is 252 Å². The van der Waals surface area contributed by atoms with E-state index in [0.29, 0.717) is 18.6 Å². The van der Waals surface area contributed by atoms with Crippen molar-refractivity contribution in [2.75, 3.05) is 25.4 Å². The van der Waals surface area contributed by atoms with Gasteiger partial charge in [0.05, 0.1) is 31.3 Å². The van der Waals surface area contributed by atoms with Gasteiger partial charge in [0.1, 0.15) is 18.1 Å². The first-order chi connectivity index (χ1) is 20.1. The first-order valence-electron chi connectivity index (χ1n) is 14.6. The Morgan fingerprint density at radius 2 is 1.77 bits per heavy atom. The summed E-state index contributed by atoms with van der Waals surface area (Å²) in [5, 5.41) is 14.5. The van der Waals surface area contributed by atoms with Crippen molar-refractivity contribution in [1.82, 2.24) is 15.4 Å². The Morgan fingerprint density at radius 3 is 2.33 bits per heavy atom. The Kier molecular flexibility index (Phi) is 11.1. The van der Waals surface area contributed by atoms with Crippen LogP contribution in [0, 0.1) is 28.6 Å². The lowest BCUT2D eigenvalue weighted by Crippen LogP contribution is -2.51. The van der Waals surface area contributed by atoms with E-state index in [9.17, 15) is 37.5 Å². The molecule has 13 heteroatoms. The number of sulfonamides is 1. The van der Waals surface area contributed by atoms with Crippen LogP contribution in [-0.4, -0.2) is 74.4 Å². The van der Waals surface area contributed by atoms with E-state index in [1.807, 2.05) is 32.0 Å². The number of rotatable bonds is 17. The zero-order chi connectivity index (χ0) is 32.0. The average Bonchev–Trinajstić information content (AvgIpc) is 3.26. The number of ether oxygens (including phenoxy) is 1. The molecule has 0 saturated heterocycles. The molecule has 0 spiro atoms. The molecule has 1 aromatic carbocycles. The Hall–Kier alpha value is -3.32. The predicted molar refractivity (Wildman–Crippen MR) is 157 cm³/mol. The highest BCUT2D eigenvalue weighted by molar-refractivity contribution is 7.89.